The molecule has 0 radical (unpaired) electrons. The third kappa shape index (κ3) is 4.14. The lowest BCUT2D eigenvalue weighted by Crippen LogP contribution is -2.25. The zero-order valence-electron chi connectivity index (χ0n) is 9.03. The molecular formula is C9H11F3N4S. The Morgan fingerprint density at radius 1 is 1.53 bits per heavy atom. The van der Waals surface area contributed by atoms with E-state index in [0.29, 0.717) is 18.0 Å². The van der Waals surface area contributed by atoms with Gasteiger partial charge in [0.05, 0.1) is 4.99 Å². The Balaban J connectivity index is 2.81. The van der Waals surface area contributed by atoms with Crippen LogP contribution in [-0.2, 0) is 6.18 Å². The van der Waals surface area contributed by atoms with Crippen molar-refractivity contribution in [1.82, 2.24) is 9.97 Å². The summed E-state index contributed by atoms with van der Waals surface area (Å²) < 4.78 is 37.2. The number of hydrogen-bond acceptors (Lipinski definition) is 4. The molecule has 0 atom stereocenters. The van der Waals surface area contributed by atoms with E-state index in [1.807, 2.05) is 0 Å². The second-order valence-corrected chi connectivity index (χ2v) is 3.90. The lowest BCUT2D eigenvalue weighted by Gasteiger charge is -2.17. The maximum absolute atomic E-state index is 12.4. The van der Waals surface area contributed by atoms with E-state index in [1.54, 1.807) is 7.05 Å². The average molecular weight is 264 g/mol. The van der Waals surface area contributed by atoms with Crippen LogP contribution >= 0.6 is 12.2 Å². The van der Waals surface area contributed by atoms with Gasteiger partial charge in [-0.1, -0.05) is 12.2 Å². The summed E-state index contributed by atoms with van der Waals surface area (Å²) in [5, 5.41) is 0. The van der Waals surface area contributed by atoms with Crippen LogP contribution in [0, 0.1) is 0 Å². The molecule has 0 aliphatic rings. The highest BCUT2D eigenvalue weighted by Gasteiger charge is 2.33. The molecule has 0 aliphatic heterocycles. The normalized spacial score (nSPS) is 11.3. The monoisotopic (exact) mass is 264 g/mol. The first-order valence-corrected chi connectivity index (χ1v) is 5.11. The van der Waals surface area contributed by atoms with Crippen molar-refractivity contribution < 1.29 is 13.2 Å². The van der Waals surface area contributed by atoms with E-state index in [-0.39, 0.29) is 5.95 Å². The fourth-order valence-corrected chi connectivity index (χ4v) is 1.16. The van der Waals surface area contributed by atoms with Gasteiger partial charge in [0.15, 0.2) is 0 Å². The van der Waals surface area contributed by atoms with Crippen LogP contribution < -0.4 is 10.6 Å². The number of rotatable bonds is 4. The molecule has 1 aromatic rings. The van der Waals surface area contributed by atoms with Crippen molar-refractivity contribution in [3.63, 3.8) is 0 Å². The van der Waals surface area contributed by atoms with Crippen molar-refractivity contribution in [3.05, 3.63) is 18.0 Å². The zero-order valence-corrected chi connectivity index (χ0v) is 9.85. The lowest BCUT2D eigenvalue weighted by atomic mass is 10.4. The Morgan fingerprint density at radius 3 is 2.71 bits per heavy atom. The molecule has 0 aromatic carbocycles. The number of alkyl halides is 3. The first-order valence-electron chi connectivity index (χ1n) is 4.70. The summed E-state index contributed by atoms with van der Waals surface area (Å²) >= 11 is 4.68. The van der Waals surface area contributed by atoms with Crippen LogP contribution in [0.1, 0.15) is 12.1 Å². The maximum Gasteiger partial charge on any atom is 0.433 e. The van der Waals surface area contributed by atoms with Gasteiger partial charge in [-0.05, 0) is 6.07 Å². The molecule has 94 valence electrons. The summed E-state index contributed by atoms with van der Waals surface area (Å²) in [5.74, 6) is -0.00363. The van der Waals surface area contributed by atoms with Crippen LogP contribution in [0.4, 0.5) is 19.1 Å². The zero-order chi connectivity index (χ0) is 13.1. The van der Waals surface area contributed by atoms with Gasteiger partial charge in [0.1, 0.15) is 5.69 Å². The van der Waals surface area contributed by atoms with Gasteiger partial charge in [0.25, 0.3) is 0 Å². The quantitative estimate of drug-likeness (QED) is 0.837. The van der Waals surface area contributed by atoms with Crippen LogP contribution in [0.5, 0.6) is 0 Å². The van der Waals surface area contributed by atoms with E-state index in [2.05, 4.69) is 22.2 Å². The number of halogens is 3. The highest BCUT2D eigenvalue weighted by atomic mass is 32.1. The van der Waals surface area contributed by atoms with Gasteiger partial charge in [-0.15, -0.1) is 0 Å². The number of anilines is 1. The van der Waals surface area contributed by atoms with Crippen molar-refractivity contribution in [2.24, 2.45) is 5.73 Å². The Bertz CT molecular complexity index is 407. The number of nitrogens with two attached hydrogens (primary N) is 1. The van der Waals surface area contributed by atoms with E-state index in [0.717, 1.165) is 12.3 Å². The van der Waals surface area contributed by atoms with Crippen molar-refractivity contribution in [3.8, 4) is 0 Å². The first kappa shape index (κ1) is 13.6. The molecule has 1 aromatic heterocycles. The second kappa shape index (κ2) is 5.26. The van der Waals surface area contributed by atoms with E-state index in [1.165, 1.54) is 4.90 Å². The minimum Gasteiger partial charge on any atom is -0.393 e. The molecule has 8 heteroatoms. The van der Waals surface area contributed by atoms with Crippen LogP contribution in [0.2, 0.25) is 0 Å². The van der Waals surface area contributed by atoms with Crippen molar-refractivity contribution >= 4 is 23.2 Å². The molecule has 0 amide bonds. The topological polar surface area (TPSA) is 55.0 Å². The van der Waals surface area contributed by atoms with Crippen LogP contribution in [0.25, 0.3) is 0 Å². The molecule has 0 fully saturated rings. The van der Waals surface area contributed by atoms with E-state index in [9.17, 15) is 13.2 Å². The summed E-state index contributed by atoms with van der Waals surface area (Å²) in [5.41, 5.74) is 4.33. The minimum atomic E-state index is -4.47. The summed E-state index contributed by atoms with van der Waals surface area (Å²) in [6.45, 7) is 0.372. The largest absolute Gasteiger partial charge is 0.433 e. The Hall–Kier alpha value is -1.44. The van der Waals surface area contributed by atoms with Crippen molar-refractivity contribution in [2.75, 3.05) is 18.5 Å². The molecule has 0 bridgehead atoms. The third-order valence-corrected chi connectivity index (χ3v) is 2.17. The van der Waals surface area contributed by atoms with Gasteiger partial charge >= 0.3 is 6.18 Å². The number of thiocarbonyl (C=S) groups is 1. The molecule has 4 nitrogen and oxygen atoms in total. The van der Waals surface area contributed by atoms with Gasteiger partial charge in [0, 0.05) is 26.2 Å². The van der Waals surface area contributed by atoms with E-state index < -0.39 is 11.9 Å². The minimum absolute atomic E-state index is 0.00363. The number of nitrogens with zero attached hydrogens (tertiary/aromatic N) is 3. The van der Waals surface area contributed by atoms with Crippen molar-refractivity contribution in [1.29, 1.82) is 0 Å². The second-order valence-electron chi connectivity index (χ2n) is 3.38. The van der Waals surface area contributed by atoms with E-state index in [4.69, 9.17) is 5.73 Å². The lowest BCUT2D eigenvalue weighted by molar-refractivity contribution is -0.141. The summed E-state index contributed by atoms with van der Waals surface area (Å²) in [6.07, 6.45) is -3.00. The smallest absolute Gasteiger partial charge is 0.393 e. The summed E-state index contributed by atoms with van der Waals surface area (Å²) in [7, 11) is 1.58. The molecule has 1 rings (SSSR count). The molecule has 0 saturated heterocycles. The summed E-state index contributed by atoms with van der Waals surface area (Å²) in [6, 6.07) is 0.824. The average Bonchev–Trinajstić information content (AvgIpc) is 2.25. The van der Waals surface area contributed by atoms with Gasteiger partial charge in [-0.2, -0.15) is 13.2 Å². The highest BCUT2D eigenvalue weighted by Crippen LogP contribution is 2.27. The maximum atomic E-state index is 12.4. The Labute approximate surface area is 102 Å². The van der Waals surface area contributed by atoms with Gasteiger partial charge in [0.2, 0.25) is 5.95 Å². The predicted octanol–water partition coefficient (Wildman–Crippen LogP) is 1.61. The molecular weight excluding hydrogens is 253 g/mol. The molecule has 0 unspecified atom stereocenters. The van der Waals surface area contributed by atoms with Gasteiger partial charge < -0.3 is 10.6 Å². The van der Waals surface area contributed by atoms with E-state index >= 15 is 0 Å². The first-order chi connectivity index (χ1) is 7.80. The highest BCUT2D eigenvalue weighted by molar-refractivity contribution is 7.80. The standard InChI is InChI=1S/C9H11F3N4S/c1-16(5-3-7(13)17)8-14-4-2-6(15-8)9(10,11)12/h2,4H,3,5H2,1H3,(H2,13,17). The molecule has 0 spiro atoms. The molecule has 17 heavy (non-hydrogen) atoms. The van der Waals surface area contributed by atoms with Crippen LogP contribution in [0.15, 0.2) is 12.3 Å². The van der Waals surface area contributed by atoms with Crippen LogP contribution in [0.3, 0.4) is 0 Å². The van der Waals surface area contributed by atoms with Crippen LogP contribution in [-0.4, -0.2) is 28.5 Å². The fourth-order valence-electron chi connectivity index (χ4n) is 1.07. The predicted molar refractivity (Wildman–Crippen MR) is 61.7 cm³/mol. The molecule has 0 aliphatic carbocycles. The Kier molecular flexibility index (Phi) is 4.22. The molecule has 2 N–H and O–H groups in total. The molecule has 0 saturated carbocycles. The van der Waals surface area contributed by atoms with Gasteiger partial charge in [-0.25, -0.2) is 9.97 Å². The number of hydrogen-bond donors (Lipinski definition) is 1. The molecule has 1 heterocycles. The van der Waals surface area contributed by atoms with Crippen molar-refractivity contribution in [2.45, 2.75) is 12.6 Å². The third-order valence-electron chi connectivity index (χ3n) is 1.97. The SMILES string of the molecule is CN(CCC(N)=S)c1nccc(C(F)(F)F)n1. The van der Waals surface area contributed by atoms with Gasteiger partial charge in [-0.3, -0.25) is 0 Å². The number of aromatic nitrogens is 2. The Morgan fingerprint density at radius 2 is 2.18 bits per heavy atom. The fraction of sp³-hybridized carbons (Fsp3) is 0.444. The summed E-state index contributed by atoms with van der Waals surface area (Å²) in [4.78, 5) is 8.95.